The van der Waals surface area contributed by atoms with E-state index in [2.05, 4.69) is 22.1 Å². The van der Waals surface area contributed by atoms with Crippen LogP contribution in [0, 0.1) is 0 Å². The number of rotatable bonds is 9. The minimum Gasteiger partial charge on any atom is -0.340 e. The number of anilines is 2. The highest BCUT2D eigenvalue weighted by atomic mass is 32.1. The van der Waals surface area contributed by atoms with Gasteiger partial charge in [0.25, 0.3) is 5.91 Å². The maximum absolute atomic E-state index is 13.4. The second-order valence-corrected chi connectivity index (χ2v) is 9.16. The zero-order valence-corrected chi connectivity index (χ0v) is 20.3. The van der Waals surface area contributed by atoms with Gasteiger partial charge in [0.1, 0.15) is 5.69 Å². The molecule has 0 atom stereocenters. The van der Waals surface area contributed by atoms with Gasteiger partial charge < -0.3 is 20.0 Å². The van der Waals surface area contributed by atoms with Crippen molar-refractivity contribution in [2.75, 3.05) is 44.6 Å². The van der Waals surface area contributed by atoms with Crippen LogP contribution in [0.4, 0.5) is 10.8 Å². The van der Waals surface area contributed by atoms with Crippen molar-refractivity contribution in [1.29, 1.82) is 0 Å². The quantitative estimate of drug-likeness (QED) is 0.503. The van der Waals surface area contributed by atoms with Crippen LogP contribution in [0.25, 0.3) is 0 Å². The summed E-state index contributed by atoms with van der Waals surface area (Å²) < 4.78 is 0. The van der Waals surface area contributed by atoms with Gasteiger partial charge in [0.05, 0.1) is 0 Å². The van der Waals surface area contributed by atoms with Crippen LogP contribution >= 0.6 is 11.3 Å². The topological polar surface area (TPSA) is 68.8 Å². The van der Waals surface area contributed by atoms with Gasteiger partial charge in [-0.3, -0.25) is 9.59 Å². The summed E-state index contributed by atoms with van der Waals surface area (Å²) in [7, 11) is 0. The smallest absolute Gasteiger partial charge is 0.273 e. The van der Waals surface area contributed by atoms with Crippen LogP contribution < -0.4 is 5.32 Å². The van der Waals surface area contributed by atoms with E-state index in [9.17, 15) is 9.59 Å². The lowest BCUT2D eigenvalue weighted by molar-refractivity contribution is -0.133. The summed E-state index contributed by atoms with van der Waals surface area (Å²) in [6, 6.07) is 19.6. The number of nitrogens with zero attached hydrogens (tertiary/aromatic N) is 4. The molecule has 1 fully saturated rings. The number of amides is 2. The predicted octanol–water partition coefficient (Wildman–Crippen LogP) is 4.08. The number of piperazine rings is 1. The average Bonchev–Trinajstić information content (AvgIpc) is 3.35. The molecule has 3 aromatic rings. The van der Waals surface area contributed by atoms with Crippen molar-refractivity contribution in [3.8, 4) is 0 Å². The number of aromatic nitrogens is 1. The van der Waals surface area contributed by atoms with E-state index in [1.54, 1.807) is 10.3 Å². The third kappa shape index (κ3) is 6.42. The second kappa shape index (κ2) is 11.8. The minimum atomic E-state index is -0.162. The highest BCUT2D eigenvalue weighted by Gasteiger charge is 2.24. The number of benzene rings is 2. The lowest BCUT2D eigenvalue weighted by atomic mass is 10.2. The van der Waals surface area contributed by atoms with E-state index in [-0.39, 0.29) is 11.8 Å². The Morgan fingerprint density at radius 2 is 1.68 bits per heavy atom. The Labute approximate surface area is 205 Å². The van der Waals surface area contributed by atoms with Crippen LogP contribution in [0.15, 0.2) is 66.0 Å². The molecule has 0 saturated carbocycles. The summed E-state index contributed by atoms with van der Waals surface area (Å²) in [4.78, 5) is 36.8. The zero-order chi connectivity index (χ0) is 23.8. The standard InChI is InChI=1S/C26H31N5O2S/c1-2-29-15-17-30(18-16-29)24(32)13-14-31(19-21-9-5-3-6-10-21)25(33)23-20-34-26(28-23)27-22-11-7-4-8-12-22/h3-12,20H,2,13-19H2,1H3,(H,27,28). The van der Waals surface area contributed by atoms with E-state index in [1.165, 1.54) is 11.3 Å². The van der Waals surface area contributed by atoms with Crippen LogP contribution in [-0.4, -0.2) is 70.8 Å². The van der Waals surface area contributed by atoms with Crippen LogP contribution in [-0.2, 0) is 11.3 Å². The second-order valence-electron chi connectivity index (χ2n) is 8.31. The lowest BCUT2D eigenvalue weighted by Gasteiger charge is -2.34. The van der Waals surface area contributed by atoms with Gasteiger partial charge in [0.15, 0.2) is 5.13 Å². The molecule has 2 aromatic carbocycles. The summed E-state index contributed by atoms with van der Waals surface area (Å²) in [5, 5.41) is 5.68. The molecule has 178 valence electrons. The summed E-state index contributed by atoms with van der Waals surface area (Å²) in [6.07, 6.45) is 0.309. The lowest BCUT2D eigenvalue weighted by Crippen LogP contribution is -2.49. The third-order valence-corrected chi connectivity index (χ3v) is 6.78. The maximum atomic E-state index is 13.4. The van der Waals surface area contributed by atoms with Gasteiger partial charge in [0, 0.05) is 56.8 Å². The molecule has 34 heavy (non-hydrogen) atoms. The molecule has 0 bridgehead atoms. The van der Waals surface area contributed by atoms with Crippen LogP contribution in [0.1, 0.15) is 29.4 Å². The first kappa shape index (κ1) is 23.9. The number of thiazole rings is 1. The molecule has 7 nitrogen and oxygen atoms in total. The van der Waals surface area contributed by atoms with Crippen molar-refractivity contribution in [3.63, 3.8) is 0 Å². The summed E-state index contributed by atoms with van der Waals surface area (Å²) in [6.45, 7) is 7.27. The average molecular weight is 478 g/mol. The van der Waals surface area contributed by atoms with E-state index >= 15 is 0 Å². The normalized spacial score (nSPS) is 14.1. The Kier molecular flexibility index (Phi) is 8.27. The van der Waals surface area contributed by atoms with Crippen molar-refractivity contribution in [2.45, 2.75) is 19.9 Å². The fourth-order valence-electron chi connectivity index (χ4n) is 3.99. The molecule has 0 radical (unpaired) electrons. The van der Waals surface area contributed by atoms with Crippen LogP contribution in [0.2, 0.25) is 0 Å². The zero-order valence-electron chi connectivity index (χ0n) is 19.5. The number of carbonyl (C=O) groups excluding carboxylic acids is 2. The van der Waals surface area contributed by atoms with Crippen molar-refractivity contribution in [2.24, 2.45) is 0 Å². The van der Waals surface area contributed by atoms with Gasteiger partial charge in [-0.05, 0) is 24.2 Å². The molecule has 2 amide bonds. The number of hydrogen-bond donors (Lipinski definition) is 1. The molecule has 0 unspecified atom stereocenters. The molecule has 8 heteroatoms. The number of nitrogens with one attached hydrogen (secondary N) is 1. The molecule has 1 aromatic heterocycles. The molecule has 1 N–H and O–H groups in total. The highest BCUT2D eigenvalue weighted by Crippen LogP contribution is 2.22. The maximum Gasteiger partial charge on any atom is 0.273 e. The molecule has 0 spiro atoms. The van der Waals surface area contributed by atoms with Crippen molar-refractivity contribution in [3.05, 3.63) is 77.3 Å². The van der Waals surface area contributed by atoms with E-state index in [0.29, 0.717) is 30.3 Å². The van der Waals surface area contributed by atoms with Crippen molar-refractivity contribution in [1.82, 2.24) is 19.7 Å². The monoisotopic (exact) mass is 477 g/mol. The van der Waals surface area contributed by atoms with Crippen molar-refractivity contribution >= 4 is 34.0 Å². The summed E-state index contributed by atoms with van der Waals surface area (Å²) in [5.74, 6) is -0.0591. The summed E-state index contributed by atoms with van der Waals surface area (Å²) >= 11 is 1.40. The van der Waals surface area contributed by atoms with Gasteiger partial charge >= 0.3 is 0 Å². The number of para-hydroxylation sites is 1. The Balaban J connectivity index is 1.42. The van der Waals surface area contributed by atoms with Crippen LogP contribution in [0.3, 0.4) is 0 Å². The summed E-state index contributed by atoms with van der Waals surface area (Å²) in [5.41, 5.74) is 2.34. The molecule has 2 heterocycles. The highest BCUT2D eigenvalue weighted by molar-refractivity contribution is 7.14. The number of hydrogen-bond acceptors (Lipinski definition) is 6. The number of carbonyl (C=O) groups is 2. The largest absolute Gasteiger partial charge is 0.340 e. The van der Waals surface area contributed by atoms with E-state index in [0.717, 1.165) is 44.0 Å². The Bertz CT molecular complexity index is 1070. The Morgan fingerprint density at radius 1 is 1.00 bits per heavy atom. The van der Waals surface area contributed by atoms with E-state index in [4.69, 9.17) is 0 Å². The first-order chi connectivity index (χ1) is 16.6. The molecule has 1 aliphatic heterocycles. The molecule has 0 aliphatic carbocycles. The molecular weight excluding hydrogens is 446 g/mol. The van der Waals surface area contributed by atoms with Gasteiger partial charge in [-0.25, -0.2) is 4.98 Å². The Morgan fingerprint density at radius 3 is 2.35 bits per heavy atom. The van der Waals surface area contributed by atoms with E-state index < -0.39 is 0 Å². The minimum absolute atomic E-state index is 0.103. The number of likely N-dealkylation sites (N-methyl/N-ethyl adjacent to an activating group) is 1. The fourth-order valence-corrected chi connectivity index (χ4v) is 4.70. The SMILES string of the molecule is CCN1CCN(C(=O)CCN(Cc2ccccc2)C(=O)c2csc(Nc3ccccc3)n2)CC1. The van der Waals surface area contributed by atoms with Crippen molar-refractivity contribution < 1.29 is 9.59 Å². The molecular formula is C26H31N5O2S. The van der Waals surface area contributed by atoms with Crippen LogP contribution in [0.5, 0.6) is 0 Å². The van der Waals surface area contributed by atoms with Gasteiger partial charge in [0.2, 0.25) is 5.91 Å². The Hall–Kier alpha value is -3.23. The first-order valence-corrected chi connectivity index (χ1v) is 12.6. The molecule has 4 rings (SSSR count). The van der Waals surface area contributed by atoms with E-state index in [1.807, 2.05) is 65.6 Å². The third-order valence-electron chi connectivity index (χ3n) is 6.02. The molecule has 1 aliphatic rings. The van der Waals surface area contributed by atoms with Gasteiger partial charge in [-0.15, -0.1) is 11.3 Å². The predicted molar refractivity (Wildman–Crippen MR) is 136 cm³/mol. The molecule has 1 saturated heterocycles. The first-order valence-electron chi connectivity index (χ1n) is 11.7. The van der Waals surface area contributed by atoms with Gasteiger partial charge in [-0.2, -0.15) is 0 Å². The van der Waals surface area contributed by atoms with Gasteiger partial charge in [-0.1, -0.05) is 55.5 Å². The fraction of sp³-hybridized carbons (Fsp3) is 0.346.